The number of hydrogen-bond donors (Lipinski definition) is 3. The van der Waals surface area contributed by atoms with Crippen LogP contribution < -0.4 is 10.2 Å². The van der Waals surface area contributed by atoms with Gasteiger partial charge in [0.2, 0.25) is 0 Å². The molecule has 0 radical (unpaired) electrons. The molecule has 3 N–H and O–H groups in total. The van der Waals surface area contributed by atoms with E-state index in [1.165, 1.54) is 12.8 Å². The molecule has 1 aliphatic heterocycles. The molecule has 1 unspecified atom stereocenters. The van der Waals surface area contributed by atoms with E-state index in [0.29, 0.717) is 17.3 Å². The smallest absolute Gasteiger partial charge is 0.127 e. The van der Waals surface area contributed by atoms with E-state index in [9.17, 15) is 5.11 Å². The number of hydrogen-bond acceptors (Lipinski definition) is 6. The van der Waals surface area contributed by atoms with Crippen LogP contribution in [-0.4, -0.2) is 50.7 Å². The SMILES string of the molecule is Oc1cc(N2CCC(NC3CC3)C2)ccc1-c1ccc(-c2cn[nH]c2)nn1. The molecule has 0 bridgehead atoms. The van der Waals surface area contributed by atoms with E-state index in [1.54, 1.807) is 12.4 Å². The molecule has 3 heterocycles. The van der Waals surface area contributed by atoms with Crippen LogP contribution in [0.15, 0.2) is 42.7 Å². The van der Waals surface area contributed by atoms with E-state index in [-0.39, 0.29) is 5.75 Å². The number of phenols is 1. The number of aromatic hydroxyl groups is 1. The zero-order valence-corrected chi connectivity index (χ0v) is 15.0. The largest absolute Gasteiger partial charge is 0.507 e. The summed E-state index contributed by atoms with van der Waals surface area (Å²) in [5.74, 6) is 0.233. The predicted octanol–water partition coefficient (Wildman–Crippen LogP) is 2.57. The summed E-state index contributed by atoms with van der Waals surface area (Å²) in [5, 5.41) is 29.4. The Labute approximate surface area is 157 Å². The molecule has 1 saturated carbocycles. The zero-order chi connectivity index (χ0) is 18.2. The summed E-state index contributed by atoms with van der Waals surface area (Å²) >= 11 is 0. The Morgan fingerprint density at radius 2 is 1.89 bits per heavy atom. The summed E-state index contributed by atoms with van der Waals surface area (Å²) in [6.07, 6.45) is 7.26. The van der Waals surface area contributed by atoms with Gasteiger partial charge in [0, 0.05) is 54.3 Å². The second kappa shape index (κ2) is 6.66. The standard InChI is InChI=1S/C20H22N6O/c27-20-9-16(26-8-7-15(12-26)23-14-1-2-14)3-4-17(20)19-6-5-18(24-25-19)13-10-21-22-11-13/h3-6,9-11,14-15,23,27H,1-2,7-8,12H2,(H,21,22). The summed E-state index contributed by atoms with van der Waals surface area (Å²) in [5.41, 5.74) is 4.03. The minimum atomic E-state index is 0.233. The third-order valence-electron chi connectivity index (χ3n) is 5.32. The molecule has 1 aromatic carbocycles. The molecule has 3 aromatic rings. The predicted molar refractivity (Wildman–Crippen MR) is 103 cm³/mol. The molecule has 7 nitrogen and oxygen atoms in total. The highest BCUT2D eigenvalue weighted by molar-refractivity contribution is 5.71. The van der Waals surface area contributed by atoms with E-state index in [0.717, 1.165) is 42.5 Å². The Hall–Kier alpha value is -2.93. The van der Waals surface area contributed by atoms with Crippen molar-refractivity contribution >= 4 is 5.69 Å². The van der Waals surface area contributed by atoms with Crippen molar-refractivity contribution in [2.75, 3.05) is 18.0 Å². The van der Waals surface area contributed by atoms with Crippen LogP contribution in [-0.2, 0) is 0 Å². The lowest BCUT2D eigenvalue weighted by molar-refractivity contribution is 0.477. The van der Waals surface area contributed by atoms with Gasteiger partial charge in [-0.1, -0.05) is 0 Å². The summed E-state index contributed by atoms with van der Waals surface area (Å²) in [7, 11) is 0. The quantitative estimate of drug-likeness (QED) is 0.646. The van der Waals surface area contributed by atoms with Crippen molar-refractivity contribution in [2.24, 2.45) is 0 Å². The Balaban J connectivity index is 1.32. The Bertz CT molecular complexity index is 920. The third-order valence-corrected chi connectivity index (χ3v) is 5.32. The minimum Gasteiger partial charge on any atom is -0.507 e. The van der Waals surface area contributed by atoms with Crippen molar-refractivity contribution in [1.29, 1.82) is 0 Å². The highest BCUT2D eigenvalue weighted by Crippen LogP contribution is 2.33. The van der Waals surface area contributed by atoms with Crippen molar-refractivity contribution in [2.45, 2.75) is 31.3 Å². The van der Waals surface area contributed by atoms with Crippen LogP contribution >= 0.6 is 0 Å². The second-order valence-electron chi connectivity index (χ2n) is 7.36. The molecule has 1 aliphatic carbocycles. The molecular weight excluding hydrogens is 340 g/mol. The number of nitrogens with one attached hydrogen (secondary N) is 2. The maximum absolute atomic E-state index is 10.6. The second-order valence-corrected chi connectivity index (χ2v) is 7.36. The highest BCUT2D eigenvalue weighted by Gasteiger charge is 2.29. The summed E-state index contributed by atoms with van der Waals surface area (Å²) in [6.45, 7) is 2.01. The monoisotopic (exact) mass is 362 g/mol. The summed E-state index contributed by atoms with van der Waals surface area (Å²) in [4.78, 5) is 2.33. The van der Waals surface area contributed by atoms with Crippen molar-refractivity contribution < 1.29 is 5.11 Å². The molecular formula is C20H22N6O. The summed E-state index contributed by atoms with van der Waals surface area (Å²) in [6, 6.07) is 10.9. The molecule has 1 atom stereocenters. The van der Waals surface area contributed by atoms with Gasteiger partial charge >= 0.3 is 0 Å². The lowest BCUT2D eigenvalue weighted by Gasteiger charge is -2.20. The molecule has 5 rings (SSSR count). The Morgan fingerprint density at radius 1 is 1.04 bits per heavy atom. The molecule has 27 heavy (non-hydrogen) atoms. The first-order valence-electron chi connectivity index (χ1n) is 9.43. The topological polar surface area (TPSA) is 90.0 Å². The van der Waals surface area contributed by atoms with E-state index >= 15 is 0 Å². The van der Waals surface area contributed by atoms with E-state index in [1.807, 2.05) is 24.3 Å². The highest BCUT2D eigenvalue weighted by atomic mass is 16.3. The van der Waals surface area contributed by atoms with Gasteiger partial charge in [-0.25, -0.2) is 0 Å². The lowest BCUT2D eigenvalue weighted by Crippen LogP contribution is -2.33. The molecule has 0 amide bonds. The molecule has 1 saturated heterocycles. The van der Waals surface area contributed by atoms with Gasteiger partial charge in [0.05, 0.1) is 17.6 Å². The molecule has 2 aliphatic rings. The van der Waals surface area contributed by atoms with Gasteiger partial charge in [-0.05, 0) is 43.5 Å². The maximum atomic E-state index is 10.6. The van der Waals surface area contributed by atoms with Gasteiger partial charge in [-0.15, -0.1) is 10.2 Å². The Kier molecular flexibility index (Phi) is 4.01. The summed E-state index contributed by atoms with van der Waals surface area (Å²) < 4.78 is 0. The van der Waals surface area contributed by atoms with Gasteiger partial charge in [-0.2, -0.15) is 5.10 Å². The van der Waals surface area contributed by atoms with Crippen molar-refractivity contribution in [1.82, 2.24) is 25.7 Å². The average molecular weight is 362 g/mol. The van der Waals surface area contributed by atoms with Crippen molar-refractivity contribution in [3.05, 3.63) is 42.7 Å². The van der Waals surface area contributed by atoms with Crippen LogP contribution in [0.5, 0.6) is 5.75 Å². The minimum absolute atomic E-state index is 0.233. The molecule has 7 heteroatoms. The first-order chi connectivity index (χ1) is 13.3. The van der Waals surface area contributed by atoms with Crippen molar-refractivity contribution in [3.8, 4) is 28.3 Å². The van der Waals surface area contributed by atoms with Crippen LogP contribution in [0.2, 0.25) is 0 Å². The van der Waals surface area contributed by atoms with Crippen LogP contribution in [0.25, 0.3) is 22.5 Å². The number of benzene rings is 1. The number of nitrogens with zero attached hydrogens (tertiary/aromatic N) is 4. The van der Waals surface area contributed by atoms with Gasteiger partial charge < -0.3 is 15.3 Å². The average Bonchev–Trinajstić information content (AvgIpc) is 3.15. The van der Waals surface area contributed by atoms with Crippen LogP contribution in [0.4, 0.5) is 5.69 Å². The fraction of sp³-hybridized carbons (Fsp3) is 0.350. The van der Waals surface area contributed by atoms with Gasteiger partial charge in [0.1, 0.15) is 5.75 Å². The van der Waals surface area contributed by atoms with Gasteiger partial charge in [0.25, 0.3) is 0 Å². The van der Waals surface area contributed by atoms with Gasteiger partial charge in [0.15, 0.2) is 0 Å². The van der Waals surface area contributed by atoms with Crippen molar-refractivity contribution in [3.63, 3.8) is 0 Å². The van der Waals surface area contributed by atoms with Crippen LogP contribution in [0.1, 0.15) is 19.3 Å². The fourth-order valence-electron chi connectivity index (χ4n) is 3.67. The number of anilines is 1. The van der Waals surface area contributed by atoms with Crippen LogP contribution in [0.3, 0.4) is 0 Å². The normalized spacial score (nSPS) is 19.6. The third kappa shape index (κ3) is 3.38. The molecule has 138 valence electrons. The molecule has 2 fully saturated rings. The molecule has 2 aromatic heterocycles. The molecule has 0 spiro atoms. The zero-order valence-electron chi connectivity index (χ0n) is 15.0. The van der Waals surface area contributed by atoms with Crippen LogP contribution in [0, 0.1) is 0 Å². The first kappa shape index (κ1) is 16.3. The van der Waals surface area contributed by atoms with Gasteiger partial charge in [-0.3, -0.25) is 5.10 Å². The van der Waals surface area contributed by atoms with E-state index in [2.05, 4.69) is 36.7 Å². The Morgan fingerprint density at radius 3 is 2.59 bits per heavy atom. The first-order valence-corrected chi connectivity index (χ1v) is 9.43. The lowest BCUT2D eigenvalue weighted by atomic mass is 10.1. The number of H-pyrrole nitrogens is 1. The number of aromatic amines is 1. The maximum Gasteiger partial charge on any atom is 0.127 e. The van der Waals surface area contributed by atoms with E-state index < -0.39 is 0 Å². The number of phenolic OH excluding ortho intramolecular Hbond substituents is 1. The fourth-order valence-corrected chi connectivity index (χ4v) is 3.67. The number of aromatic nitrogens is 4. The number of rotatable bonds is 5. The van der Waals surface area contributed by atoms with E-state index in [4.69, 9.17) is 0 Å².